The van der Waals surface area contributed by atoms with Gasteiger partial charge in [0.25, 0.3) is 0 Å². The van der Waals surface area contributed by atoms with Crippen LogP contribution in [0.25, 0.3) is 0 Å². The molecule has 2 heterocycles. The van der Waals surface area contributed by atoms with E-state index in [2.05, 4.69) is 107 Å². The van der Waals surface area contributed by atoms with Gasteiger partial charge in [-0.3, -0.25) is 4.98 Å². The van der Waals surface area contributed by atoms with Crippen LogP contribution in [0.5, 0.6) is 0 Å². The highest BCUT2D eigenvalue weighted by Gasteiger charge is 2.38. The van der Waals surface area contributed by atoms with E-state index in [1.165, 1.54) is 16.7 Å². The van der Waals surface area contributed by atoms with Crippen LogP contribution >= 0.6 is 0 Å². The maximum atomic E-state index is 10.5. The molecular formula is C31H29N3O. The van der Waals surface area contributed by atoms with Crippen molar-refractivity contribution in [3.05, 3.63) is 156 Å². The van der Waals surface area contributed by atoms with Crippen molar-refractivity contribution in [2.75, 3.05) is 0 Å². The Labute approximate surface area is 206 Å². The quantitative estimate of drug-likeness (QED) is 0.268. The smallest absolute Gasteiger partial charge is 0.121 e. The van der Waals surface area contributed by atoms with Crippen molar-refractivity contribution in [1.82, 2.24) is 14.5 Å². The third-order valence-electron chi connectivity index (χ3n) is 6.58. The van der Waals surface area contributed by atoms with Gasteiger partial charge < -0.3 is 9.67 Å². The number of aliphatic hydroxyl groups excluding tert-OH is 1. The van der Waals surface area contributed by atoms with E-state index in [4.69, 9.17) is 4.98 Å². The van der Waals surface area contributed by atoms with Gasteiger partial charge in [0, 0.05) is 18.6 Å². The Bertz CT molecular complexity index is 1220. The summed E-state index contributed by atoms with van der Waals surface area (Å²) in [5.41, 5.74) is 4.84. The lowest BCUT2D eigenvalue weighted by molar-refractivity contribution is 0.164. The van der Waals surface area contributed by atoms with Crippen LogP contribution in [-0.4, -0.2) is 19.6 Å². The van der Waals surface area contributed by atoms with Crippen molar-refractivity contribution in [3.63, 3.8) is 0 Å². The second-order valence-corrected chi connectivity index (χ2v) is 8.78. The van der Waals surface area contributed by atoms with E-state index in [-0.39, 0.29) is 0 Å². The molecule has 0 radical (unpaired) electrons. The van der Waals surface area contributed by atoms with Gasteiger partial charge in [-0.05, 0) is 47.6 Å². The number of rotatable bonds is 9. The summed E-state index contributed by atoms with van der Waals surface area (Å²) in [6.07, 6.45) is 9.33. The van der Waals surface area contributed by atoms with Gasteiger partial charge in [-0.15, -0.1) is 0 Å². The molecule has 0 bridgehead atoms. The zero-order chi connectivity index (χ0) is 23.9. The van der Waals surface area contributed by atoms with Gasteiger partial charge in [-0.25, -0.2) is 4.98 Å². The van der Waals surface area contributed by atoms with E-state index in [0.29, 0.717) is 6.42 Å². The number of benzene rings is 3. The lowest BCUT2D eigenvalue weighted by Gasteiger charge is -2.37. The van der Waals surface area contributed by atoms with Crippen LogP contribution in [0.3, 0.4) is 0 Å². The molecule has 0 saturated carbocycles. The SMILES string of the molecule is OC(CCCc1cn(C(c2ccccc2)(c2ccccc2)c2ccccc2)cn1)c1cccnc1. The van der Waals surface area contributed by atoms with Crippen LogP contribution in [0.15, 0.2) is 128 Å². The standard InChI is InChI=1S/C31H29N3O/c35-30(25-12-11-21-32-22-25)20-10-19-29-23-34(24-33-29)31(26-13-4-1-5-14-26,27-15-6-2-7-16-27)28-17-8-3-9-18-28/h1-9,11-18,21-24,30,35H,10,19-20H2. The van der Waals surface area contributed by atoms with E-state index in [9.17, 15) is 5.11 Å². The molecule has 4 nitrogen and oxygen atoms in total. The maximum absolute atomic E-state index is 10.5. The molecule has 1 unspecified atom stereocenters. The fourth-order valence-electron chi connectivity index (χ4n) is 4.88. The molecular weight excluding hydrogens is 430 g/mol. The van der Waals surface area contributed by atoms with Crippen LogP contribution in [0.1, 0.15) is 46.9 Å². The predicted octanol–water partition coefficient (Wildman–Crippen LogP) is 6.17. The highest BCUT2D eigenvalue weighted by atomic mass is 16.3. The van der Waals surface area contributed by atoms with E-state index < -0.39 is 11.6 Å². The van der Waals surface area contributed by atoms with Gasteiger partial charge in [-0.2, -0.15) is 0 Å². The normalized spacial score (nSPS) is 12.4. The minimum atomic E-state index is -0.551. The van der Waals surface area contributed by atoms with E-state index in [1.807, 2.05) is 18.5 Å². The van der Waals surface area contributed by atoms with Crippen molar-refractivity contribution in [2.24, 2.45) is 0 Å². The maximum Gasteiger partial charge on any atom is 0.121 e. The molecule has 1 atom stereocenters. The fourth-order valence-corrected chi connectivity index (χ4v) is 4.88. The summed E-state index contributed by atoms with van der Waals surface area (Å²) < 4.78 is 2.24. The van der Waals surface area contributed by atoms with Crippen molar-refractivity contribution < 1.29 is 5.11 Å². The van der Waals surface area contributed by atoms with Crippen molar-refractivity contribution in [3.8, 4) is 0 Å². The Kier molecular flexibility index (Phi) is 6.82. The number of pyridine rings is 1. The van der Waals surface area contributed by atoms with Crippen LogP contribution in [-0.2, 0) is 12.0 Å². The number of nitrogens with zero attached hydrogens (tertiary/aromatic N) is 3. The summed E-state index contributed by atoms with van der Waals surface area (Å²) in [7, 11) is 0. The molecule has 0 aliphatic rings. The van der Waals surface area contributed by atoms with Crippen molar-refractivity contribution in [1.29, 1.82) is 0 Å². The number of hydrogen-bond acceptors (Lipinski definition) is 3. The first-order valence-corrected chi connectivity index (χ1v) is 12.1. The van der Waals surface area contributed by atoms with Gasteiger partial charge in [0.2, 0.25) is 0 Å². The van der Waals surface area contributed by atoms with Crippen LogP contribution in [0.2, 0.25) is 0 Å². The first-order valence-electron chi connectivity index (χ1n) is 12.1. The number of imidazole rings is 1. The zero-order valence-electron chi connectivity index (χ0n) is 19.6. The van der Waals surface area contributed by atoms with E-state index >= 15 is 0 Å². The fraction of sp³-hybridized carbons (Fsp3) is 0.161. The van der Waals surface area contributed by atoms with Gasteiger partial charge in [0.1, 0.15) is 5.54 Å². The molecule has 35 heavy (non-hydrogen) atoms. The molecule has 0 fully saturated rings. The average molecular weight is 460 g/mol. The molecule has 0 amide bonds. The van der Waals surface area contributed by atoms with Crippen molar-refractivity contribution in [2.45, 2.75) is 30.9 Å². The molecule has 5 aromatic rings. The van der Waals surface area contributed by atoms with Crippen molar-refractivity contribution >= 4 is 0 Å². The highest BCUT2D eigenvalue weighted by molar-refractivity contribution is 5.50. The second kappa shape index (κ2) is 10.5. The Balaban J connectivity index is 1.50. The Morgan fingerprint density at radius 1 is 0.743 bits per heavy atom. The highest BCUT2D eigenvalue weighted by Crippen LogP contribution is 2.40. The number of aromatic nitrogens is 3. The molecule has 2 aromatic heterocycles. The van der Waals surface area contributed by atoms with E-state index in [1.54, 1.807) is 12.4 Å². The summed E-state index contributed by atoms with van der Waals surface area (Å²) in [4.78, 5) is 8.91. The predicted molar refractivity (Wildman–Crippen MR) is 139 cm³/mol. The number of hydrogen-bond donors (Lipinski definition) is 1. The number of aryl methyl sites for hydroxylation is 1. The number of aliphatic hydroxyl groups is 1. The molecule has 174 valence electrons. The summed E-state index contributed by atoms with van der Waals surface area (Å²) in [6, 6.07) is 35.6. The summed E-state index contributed by atoms with van der Waals surface area (Å²) in [5.74, 6) is 0. The van der Waals surface area contributed by atoms with Gasteiger partial charge in [0.15, 0.2) is 0 Å². The second-order valence-electron chi connectivity index (χ2n) is 8.78. The Morgan fingerprint density at radius 3 is 1.83 bits per heavy atom. The first kappa shape index (κ1) is 22.8. The van der Waals surface area contributed by atoms with Gasteiger partial charge >= 0.3 is 0 Å². The molecule has 0 spiro atoms. The van der Waals surface area contributed by atoms with Gasteiger partial charge in [0.05, 0.1) is 18.1 Å². The first-order chi connectivity index (χ1) is 17.3. The Morgan fingerprint density at radius 2 is 1.31 bits per heavy atom. The lowest BCUT2D eigenvalue weighted by Crippen LogP contribution is -2.36. The molecule has 0 saturated heterocycles. The van der Waals surface area contributed by atoms with Crippen LogP contribution < -0.4 is 0 Å². The van der Waals surface area contributed by atoms with E-state index in [0.717, 1.165) is 24.1 Å². The topological polar surface area (TPSA) is 50.9 Å². The largest absolute Gasteiger partial charge is 0.388 e. The summed E-state index contributed by atoms with van der Waals surface area (Å²) in [5, 5.41) is 10.5. The van der Waals surface area contributed by atoms with Crippen LogP contribution in [0.4, 0.5) is 0 Å². The Hall–Kier alpha value is -4.02. The molecule has 0 aliphatic carbocycles. The summed E-state index contributed by atoms with van der Waals surface area (Å²) >= 11 is 0. The average Bonchev–Trinajstić information content (AvgIpc) is 3.40. The summed E-state index contributed by atoms with van der Waals surface area (Å²) in [6.45, 7) is 0. The molecule has 5 rings (SSSR count). The lowest BCUT2D eigenvalue weighted by atomic mass is 9.77. The molecule has 0 aliphatic heterocycles. The minimum Gasteiger partial charge on any atom is -0.388 e. The van der Waals surface area contributed by atoms with Gasteiger partial charge in [-0.1, -0.05) is 97.1 Å². The third-order valence-corrected chi connectivity index (χ3v) is 6.58. The zero-order valence-corrected chi connectivity index (χ0v) is 19.6. The molecule has 4 heteroatoms. The van der Waals surface area contributed by atoms with Crippen LogP contribution in [0, 0.1) is 0 Å². The monoisotopic (exact) mass is 459 g/mol. The third kappa shape index (κ3) is 4.66. The molecule has 1 N–H and O–H groups in total. The minimum absolute atomic E-state index is 0.511. The molecule has 3 aromatic carbocycles.